The van der Waals surface area contributed by atoms with Crippen molar-refractivity contribution in [2.45, 2.75) is 6.04 Å². The minimum Gasteiger partial charge on any atom is -0.414 e. The maximum Gasteiger partial charge on any atom is 0.329 e. The van der Waals surface area contributed by atoms with E-state index in [1.54, 1.807) is 6.07 Å². The van der Waals surface area contributed by atoms with Gasteiger partial charge in [0.25, 0.3) is 0 Å². The molecule has 1 aromatic heterocycles. The van der Waals surface area contributed by atoms with E-state index in [2.05, 4.69) is 0 Å². The Hall–Kier alpha value is -0.520. The van der Waals surface area contributed by atoms with Crippen LogP contribution >= 0.6 is 23.1 Å². The van der Waals surface area contributed by atoms with Gasteiger partial charge >= 0.3 is 5.97 Å². The Morgan fingerprint density at radius 1 is 1.85 bits per heavy atom. The van der Waals surface area contributed by atoms with Gasteiger partial charge in [0, 0.05) is 5.75 Å². The van der Waals surface area contributed by atoms with Crippen molar-refractivity contribution in [3.8, 4) is 5.06 Å². The number of thioether (sulfide) groups is 1. The van der Waals surface area contributed by atoms with Crippen LogP contribution in [0.5, 0.6) is 5.06 Å². The molecule has 0 saturated carbocycles. The van der Waals surface area contributed by atoms with E-state index in [0.717, 1.165) is 0 Å². The summed E-state index contributed by atoms with van der Waals surface area (Å²) in [5, 5.41) is 2.45. The van der Waals surface area contributed by atoms with Crippen LogP contribution in [0.3, 0.4) is 0 Å². The number of ether oxygens (including phenoxy) is 1. The summed E-state index contributed by atoms with van der Waals surface area (Å²) in [7, 11) is 0. The SMILES string of the molecule is CSC[C@H](N)C(=O)Oc1cccs1. The number of nitrogens with two attached hydrogens (primary N) is 1. The first-order chi connectivity index (χ1) is 6.24. The molecule has 0 aliphatic carbocycles. The van der Waals surface area contributed by atoms with E-state index < -0.39 is 6.04 Å². The predicted octanol–water partition coefficient (Wildman–Crippen LogP) is 1.34. The van der Waals surface area contributed by atoms with E-state index in [0.29, 0.717) is 10.8 Å². The summed E-state index contributed by atoms with van der Waals surface area (Å²) in [4.78, 5) is 11.2. The van der Waals surface area contributed by atoms with Crippen LogP contribution in [0.1, 0.15) is 0 Å². The van der Waals surface area contributed by atoms with Gasteiger partial charge in [-0.25, -0.2) is 4.79 Å². The van der Waals surface area contributed by atoms with Gasteiger partial charge in [0.15, 0.2) is 5.06 Å². The molecule has 1 heterocycles. The van der Waals surface area contributed by atoms with Crippen LogP contribution in [0.25, 0.3) is 0 Å². The molecule has 1 rings (SSSR count). The quantitative estimate of drug-likeness (QED) is 0.773. The number of thiophene rings is 1. The average molecular weight is 217 g/mol. The third-order valence-electron chi connectivity index (χ3n) is 1.35. The van der Waals surface area contributed by atoms with E-state index in [1.165, 1.54) is 23.1 Å². The van der Waals surface area contributed by atoms with Gasteiger partial charge < -0.3 is 10.5 Å². The fourth-order valence-electron chi connectivity index (χ4n) is 0.744. The normalized spacial score (nSPS) is 12.5. The zero-order valence-electron chi connectivity index (χ0n) is 7.23. The zero-order valence-corrected chi connectivity index (χ0v) is 8.86. The summed E-state index contributed by atoms with van der Waals surface area (Å²) < 4.78 is 5.01. The summed E-state index contributed by atoms with van der Waals surface area (Å²) in [5.41, 5.74) is 5.55. The molecule has 1 atom stereocenters. The van der Waals surface area contributed by atoms with Crippen molar-refractivity contribution < 1.29 is 9.53 Å². The van der Waals surface area contributed by atoms with Crippen LogP contribution in [-0.4, -0.2) is 24.0 Å². The molecule has 13 heavy (non-hydrogen) atoms. The highest BCUT2D eigenvalue weighted by atomic mass is 32.2. The smallest absolute Gasteiger partial charge is 0.329 e. The minimum atomic E-state index is -0.530. The predicted molar refractivity (Wildman–Crippen MR) is 56.3 cm³/mol. The number of hydrogen-bond donors (Lipinski definition) is 1. The van der Waals surface area contributed by atoms with Gasteiger partial charge in [-0.1, -0.05) is 0 Å². The number of esters is 1. The van der Waals surface area contributed by atoms with Crippen LogP contribution in [-0.2, 0) is 4.79 Å². The molecule has 72 valence electrons. The standard InChI is InChI=1S/C8H11NO2S2/c1-12-5-6(9)8(10)11-7-3-2-4-13-7/h2-4,6H,5,9H2,1H3/t6-/m0/s1. The summed E-state index contributed by atoms with van der Waals surface area (Å²) in [5.74, 6) is 0.223. The van der Waals surface area contributed by atoms with Crippen LogP contribution in [0, 0.1) is 0 Å². The van der Waals surface area contributed by atoms with E-state index in [-0.39, 0.29) is 5.97 Å². The van der Waals surface area contributed by atoms with Gasteiger partial charge in [-0.3, -0.25) is 0 Å². The lowest BCUT2D eigenvalue weighted by Gasteiger charge is -2.07. The van der Waals surface area contributed by atoms with Gasteiger partial charge in [-0.15, -0.1) is 11.3 Å². The molecule has 3 nitrogen and oxygen atoms in total. The van der Waals surface area contributed by atoms with Gasteiger partial charge in [0.1, 0.15) is 6.04 Å². The first-order valence-corrected chi connectivity index (χ1v) is 6.01. The van der Waals surface area contributed by atoms with E-state index in [9.17, 15) is 4.79 Å². The Kier molecular flexibility index (Phi) is 4.27. The maximum absolute atomic E-state index is 11.2. The summed E-state index contributed by atoms with van der Waals surface area (Å²) >= 11 is 2.91. The number of rotatable bonds is 4. The van der Waals surface area contributed by atoms with Crippen LogP contribution < -0.4 is 10.5 Å². The van der Waals surface area contributed by atoms with Crippen LogP contribution in [0.15, 0.2) is 17.5 Å². The molecule has 0 fully saturated rings. The van der Waals surface area contributed by atoms with Gasteiger partial charge in [0.2, 0.25) is 0 Å². The lowest BCUT2D eigenvalue weighted by molar-refractivity contribution is -0.135. The molecule has 0 saturated heterocycles. The Bertz CT molecular complexity index is 261. The minimum absolute atomic E-state index is 0.364. The van der Waals surface area contributed by atoms with Crippen molar-refractivity contribution in [3.05, 3.63) is 17.5 Å². The van der Waals surface area contributed by atoms with Crippen molar-refractivity contribution in [3.63, 3.8) is 0 Å². The molecule has 0 aromatic carbocycles. The molecular formula is C8H11NO2S2. The third kappa shape index (κ3) is 3.38. The molecule has 1 aromatic rings. The molecular weight excluding hydrogens is 206 g/mol. The largest absolute Gasteiger partial charge is 0.414 e. The molecule has 2 N–H and O–H groups in total. The average Bonchev–Trinajstić information content (AvgIpc) is 2.57. The topological polar surface area (TPSA) is 52.3 Å². The Labute approximate surface area is 85.3 Å². The third-order valence-corrected chi connectivity index (χ3v) is 2.78. The lowest BCUT2D eigenvalue weighted by Crippen LogP contribution is -2.36. The molecule has 0 spiro atoms. The van der Waals surface area contributed by atoms with Gasteiger partial charge in [-0.05, 0) is 23.8 Å². The number of carbonyl (C=O) groups excluding carboxylic acids is 1. The second-order valence-electron chi connectivity index (χ2n) is 2.42. The lowest BCUT2D eigenvalue weighted by atomic mass is 10.4. The van der Waals surface area contributed by atoms with Gasteiger partial charge in [0.05, 0.1) is 0 Å². The molecule has 0 bridgehead atoms. The fraction of sp³-hybridized carbons (Fsp3) is 0.375. The van der Waals surface area contributed by atoms with Crippen LogP contribution in [0.4, 0.5) is 0 Å². The highest BCUT2D eigenvalue weighted by Gasteiger charge is 2.15. The fourth-order valence-corrected chi connectivity index (χ4v) is 1.82. The second kappa shape index (κ2) is 5.26. The first-order valence-electron chi connectivity index (χ1n) is 3.73. The summed E-state index contributed by atoms with van der Waals surface area (Å²) in [6.07, 6.45) is 1.90. The zero-order chi connectivity index (χ0) is 9.68. The maximum atomic E-state index is 11.2. The van der Waals surface area contributed by atoms with Crippen molar-refractivity contribution >= 4 is 29.1 Å². The van der Waals surface area contributed by atoms with Crippen molar-refractivity contribution in [2.75, 3.05) is 12.0 Å². The molecule has 0 aliphatic rings. The Morgan fingerprint density at radius 2 is 2.62 bits per heavy atom. The van der Waals surface area contributed by atoms with Gasteiger partial charge in [-0.2, -0.15) is 11.8 Å². The van der Waals surface area contributed by atoms with E-state index in [1.807, 2.05) is 17.7 Å². The summed E-state index contributed by atoms with van der Waals surface area (Å²) in [6, 6.07) is 3.04. The number of carbonyl (C=O) groups is 1. The molecule has 0 radical (unpaired) electrons. The van der Waals surface area contributed by atoms with E-state index in [4.69, 9.17) is 10.5 Å². The van der Waals surface area contributed by atoms with E-state index >= 15 is 0 Å². The van der Waals surface area contributed by atoms with Crippen molar-refractivity contribution in [1.29, 1.82) is 0 Å². The monoisotopic (exact) mass is 217 g/mol. The second-order valence-corrected chi connectivity index (χ2v) is 4.24. The molecule has 5 heteroatoms. The Balaban J connectivity index is 2.41. The molecule has 0 unspecified atom stereocenters. The number of hydrogen-bond acceptors (Lipinski definition) is 5. The summed E-state index contributed by atoms with van der Waals surface area (Å²) in [6.45, 7) is 0. The highest BCUT2D eigenvalue weighted by Crippen LogP contribution is 2.18. The van der Waals surface area contributed by atoms with Crippen molar-refractivity contribution in [2.24, 2.45) is 5.73 Å². The molecule has 0 amide bonds. The van der Waals surface area contributed by atoms with Crippen LogP contribution in [0.2, 0.25) is 0 Å². The first kappa shape index (κ1) is 10.6. The highest BCUT2D eigenvalue weighted by molar-refractivity contribution is 7.98. The Morgan fingerprint density at radius 3 is 3.15 bits per heavy atom. The molecule has 0 aliphatic heterocycles. The van der Waals surface area contributed by atoms with Crippen molar-refractivity contribution in [1.82, 2.24) is 0 Å².